The first kappa shape index (κ1) is 15.3. The molecule has 110 valence electrons. The van der Waals surface area contributed by atoms with Crippen LogP contribution in [0.3, 0.4) is 0 Å². The molecule has 0 spiro atoms. The highest BCUT2D eigenvalue weighted by Gasteiger charge is 2.37. The lowest BCUT2D eigenvalue weighted by atomic mass is 10.2. The van der Waals surface area contributed by atoms with Crippen molar-refractivity contribution in [3.8, 4) is 0 Å². The van der Waals surface area contributed by atoms with Crippen molar-refractivity contribution in [2.75, 3.05) is 13.1 Å². The van der Waals surface area contributed by atoms with Gasteiger partial charge in [0.2, 0.25) is 5.91 Å². The minimum atomic E-state index is -0.246. The van der Waals surface area contributed by atoms with Crippen LogP contribution in [0.2, 0.25) is 0 Å². The highest BCUT2D eigenvalue weighted by molar-refractivity contribution is 8.01. The number of carbonyl (C=O) groups is 1. The fourth-order valence-corrected chi connectivity index (χ4v) is 3.57. The summed E-state index contributed by atoms with van der Waals surface area (Å²) in [7, 11) is 0. The van der Waals surface area contributed by atoms with E-state index in [2.05, 4.69) is 19.2 Å². The number of benzene rings is 1. The van der Waals surface area contributed by atoms with Crippen molar-refractivity contribution in [2.24, 2.45) is 0 Å². The van der Waals surface area contributed by atoms with Crippen LogP contribution in [0.5, 0.6) is 0 Å². The molecule has 5 heteroatoms. The summed E-state index contributed by atoms with van der Waals surface area (Å²) >= 11 is 1.63. The van der Waals surface area contributed by atoms with Gasteiger partial charge >= 0.3 is 0 Å². The third kappa shape index (κ3) is 3.52. The quantitative estimate of drug-likeness (QED) is 0.907. The topological polar surface area (TPSA) is 32.3 Å². The number of halogens is 1. The molecular weight excluding hydrogens is 275 g/mol. The zero-order valence-corrected chi connectivity index (χ0v) is 12.9. The largest absolute Gasteiger partial charge is 0.324 e. The van der Waals surface area contributed by atoms with Crippen LogP contribution in [0.4, 0.5) is 4.39 Å². The van der Waals surface area contributed by atoms with Crippen molar-refractivity contribution in [1.82, 2.24) is 10.2 Å². The Morgan fingerprint density at radius 1 is 1.35 bits per heavy atom. The zero-order valence-electron chi connectivity index (χ0n) is 12.1. The second-order valence-corrected chi connectivity index (χ2v) is 6.75. The Kier molecular flexibility index (Phi) is 5.05. The fourth-order valence-electron chi connectivity index (χ4n) is 2.26. The smallest absolute Gasteiger partial charge is 0.236 e. The van der Waals surface area contributed by atoms with Crippen LogP contribution in [-0.4, -0.2) is 35.2 Å². The van der Waals surface area contributed by atoms with Crippen molar-refractivity contribution in [3.63, 3.8) is 0 Å². The van der Waals surface area contributed by atoms with E-state index in [0.717, 1.165) is 12.1 Å². The number of nitrogens with zero attached hydrogens (tertiary/aromatic N) is 1. The van der Waals surface area contributed by atoms with E-state index in [1.54, 1.807) is 23.9 Å². The minimum Gasteiger partial charge on any atom is -0.324 e. The summed E-state index contributed by atoms with van der Waals surface area (Å²) in [5.74, 6) is -0.0842. The summed E-state index contributed by atoms with van der Waals surface area (Å²) in [4.78, 5) is 14.1. The maximum Gasteiger partial charge on any atom is 0.236 e. The molecule has 0 aliphatic carbocycles. The normalized spacial score (nSPS) is 22.9. The Morgan fingerprint density at radius 2 is 2.00 bits per heavy atom. The van der Waals surface area contributed by atoms with Crippen LogP contribution in [0, 0.1) is 5.82 Å². The average molecular weight is 296 g/mol. The van der Waals surface area contributed by atoms with Crippen LogP contribution >= 0.6 is 11.8 Å². The van der Waals surface area contributed by atoms with Gasteiger partial charge in [-0.1, -0.05) is 26.0 Å². The monoisotopic (exact) mass is 296 g/mol. The summed E-state index contributed by atoms with van der Waals surface area (Å²) in [5, 5.41) is 3.28. The molecular formula is C15H21FN2OS. The predicted octanol–water partition coefficient (Wildman–Crippen LogP) is 2.79. The van der Waals surface area contributed by atoms with Gasteiger partial charge in [-0.05, 0) is 24.6 Å². The maximum atomic E-state index is 13.0. The first-order chi connectivity index (χ1) is 9.49. The molecule has 2 atom stereocenters. The van der Waals surface area contributed by atoms with E-state index in [1.807, 2.05) is 11.8 Å². The molecule has 1 amide bonds. The van der Waals surface area contributed by atoms with Crippen LogP contribution in [0.15, 0.2) is 24.3 Å². The van der Waals surface area contributed by atoms with Crippen molar-refractivity contribution in [1.29, 1.82) is 0 Å². The van der Waals surface area contributed by atoms with Gasteiger partial charge in [-0.3, -0.25) is 4.79 Å². The van der Waals surface area contributed by atoms with Gasteiger partial charge in [0.25, 0.3) is 0 Å². The third-order valence-corrected chi connectivity index (χ3v) is 4.70. The van der Waals surface area contributed by atoms with E-state index in [4.69, 9.17) is 0 Å². The van der Waals surface area contributed by atoms with Gasteiger partial charge in [0.1, 0.15) is 11.2 Å². The first-order valence-electron chi connectivity index (χ1n) is 6.94. The van der Waals surface area contributed by atoms with Gasteiger partial charge in [0.05, 0.1) is 5.25 Å². The Morgan fingerprint density at radius 3 is 2.60 bits per heavy atom. The lowest BCUT2D eigenvalue weighted by molar-refractivity contribution is -0.129. The van der Waals surface area contributed by atoms with Crippen LogP contribution in [0.25, 0.3) is 0 Å². The van der Waals surface area contributed by atoms with Crippen molar-refractivity contribution < 1.29 is 9.18 Å². The van der Waals surface area contributed by atoms with Crippen LogP contribution in [0.1, 0.15) is 31.7 Å². The molecule has 1 heterocycles. The highest BCUT2D eigenvalue weighted by Crippen LogP contribution is 2.42. The van der Waals surface area contributed by atoms with Crippen molar-refractivity contribution in [3.05, 3.63) is 35.6 Å². The van der Waals surface area contributed by atoms with Gasteiger partial charge in [-0.25, -0.2) is 4.39 Å². The van der Waals surface area contributed by atoms with Gasteiger partial charge in [0, 0.05) is 19.1 Å². The Labute approximate surface area is 123 Å². The van der Waals surface area contributed by atoms with Crippen LogP contribution < -0.4 is 5.32 Å². The number of hydrogen-bond donors (Lipinski definition) is 1. The SMILES string of the molecule is CC(C)NCCN1C(=O)[C@H](C)S[C@@H]1c1ccc(F)cc1. The molecule has 1 aromatic carbocycles. The molecule has 3 nitrogen and oxygen atoms in total. The number of amides is 1. The number of rotatable bonds is 5. The molecule has 0 unspecified atom stereocenters. The van der Waals surface area contributed by atoms with Gasteiger partial charge < -0.3 is 10.2 Å². The van der Waals surface area contributed by atoms with Crippen molar-refractivity contribution >= 4 is 17.7 Å². The van der Waals surface area contributed by atoms with E-state index in [1.165, 1.54) is 12.1 Å². The number of hydrogen-bond acceptors (Lipinski definition) is 3. The molecule has 1 fully saturated rings. The third-order valence-electron chi connectivity index (χ3n) is 3.31. The van der Waals surface area contributed by atoms with E-state index in [0.29, 0.717) is 12.6 Å². The average Bonchev–Trinajstić information content (AvgIpc) is 2.67. The highest BCUT2D eigenvalue weighted by atomic mass is 32.2. The summed E-state index contributed by atoms with van der Waals surface area (Å²) < 4.78 is 13.0. The number of nitrogens with one attached hydrogen (secondary N) is 1. The first-order valence-corrected chi connectivity index (χ1v) is 7.88. The van der Waals surface area contributed by atoms with Gasteiger partial charge in [0.15, 0.2) is 0 Å². The van der Waals surface area contributed by atoms with E-state index >= 15 is 0 Å². The fraction of sp³-hybridized carbons (Fsp3) is 0.533. The molecule has 0 aromatic heterocycles. The lowest BCUT2D eigenvalue weighted by Gasteiger charge is -2.24. The minimum absolute atomic E-state index is 0.00735. The zero-order chi connectivity index (χ0) is 14.7. The number of carbonyl (C=O) groups excluding carboxylic acids is 1. The molecule has 0 saturated carbocycles. The molecule has 2 rings (SSSR count). The molecule has 1 aliphatic rings. The summed E-state index contributed by atoms with van der Waals surface area (Å²) in [6, 6.07) is 6.84. The molecule has 1 N–H and O–H groups in total. The number of thioether (sulfide) groups is 1. The summed E-state index contributed by atoms with van der Waals surface area (Å²) in [6.45, 7) is 7.55. The standard InChI is InChI=1S/C15H21FN2OS/c1-10(2)17-8-9-18-14(19)11(3)20-15(18)12-4-6-13(16)7-5-12/h4-7,10-11,15,17H,8-9H2,1-3H3/t11-,15+/m0/s1. The second kappa shape index (κ2) is 6.59. The van der Waals surface area contributed by atoms with E-state index in [9.17, 15) is 9.18 Å². The predicted molar refractivity (Wildman–Crippen MR) is 81.0 cm³/mol. The molecule has 20 heavy (non-hydrogen) atoms. The summed E-state index contributed by atoms with van der Waals surface area (Å²) in [6.07, 6.45) is 0. The second-order valence-electron chi connectivity index (χ2n) is 5.32. The molecule has 1 aliphatic heterocycles. The van der Waals surface area contributed by atoms with E-state index < -0.39 is 0 Å². The van der Waals surface area contributed by atoms with Gasteiger partial charge in [-0.15, -0.1) is 11.8 Å². The van der Waals surface area contributed by atoms with Gasteiger partial charge in [-0.2, -0.15) is 0 Å². The van der Waals surface area contributed by atoms with Crippen LogP contribution in [-0.2, 0) is 4.79 Å². The Hall–Kier alpha value is -1.07. The molecule has 1 saturated heterocycles. The van der Waals surface area contributed by atoms with Crippen molar-refractivity contribution in [2.45, 2.75) is 37.4 Å². The molecule has 0 radical (unpaired) electrons. The molecule has 1 aromatic rings. The summed E-state index contributed by atoms with van der Waals surface area (Å²) in [5.41, 5.74) is 0.985. The Bertz CT molecular complexity index is 463. The molecule has 0 bridgehead atoms. The lowest BCUT2D eigenvalue weighted by Crippen LogP contribution is -2.38. The maximum absolute atomic E-state index is 13.0. The Balaban J connectivity index is 2.09. The van der Waals surface area contributed by atoms with E-state index in [-0.39, 0.29) is 22.3 Å².